The van der Waals surface area contributed by atoms with Gasteiger partial charge in [0.05, 0.1) is 25.8 Å². The summed E-state index contributed by atoms with van der Waals surface area (Å²) in [6, 6.07) is 11.5. The number of carbonyl (C=O) groups is 1. The normalized spacial score (nSPS) is 11.0. The predicted octanol–water partition coefficient (Wildman–Crippen LogP) is 5.85. The number of hydrogen-bond donors (Lipinski definition) is 1. The Morgan fingerprint density at radius 3 is 2.17 bits per heavy atom. The van der Waals surface area contributed by atoms with Gasteiger partial charge in [0.2, 0.25) is 0 Å². The third kappa shape index (κ3) is 4.19. The van der Waals surface area contributed by atoms with Crippen LogP contribution in [-0.2, 0) is 4.79 Å². The van der Waals surface area contributed by atoms with Gasteiger partial charge in [0.15, 0.2) is 0 Å². The summed E-state index contributed by atoms with van der Waals surface area (Å²) >= 11 is 23.9. The molecular weight excluding hydrogens is 378 g/mol. The third-order valence-electron chi connectivity index (χ3n) is 2.85. The van der Waals surface area contributed by atoms with Crippen LogP contribution in [0.1, 0.15) is 5.56 Å². The van der Waals surface area contributed by atoms with Crippen molar-refractivity contribution in [3.05, 3.63) is 67.6 Å². The SMILES string of the molecule is N#C/C(=C\c1cccc(Cl)c1Cl)C(=O)Nc1c(Cl)cccc1Cl. The molecule has 0 fully saturated rings. The number of nitriles is 1. The van der Waals surface area contributed by atoms with E-state index >= 15 is 0 Å². The number of benzene rings is 2. The Labute approximate surface area is 153 Å². The molecule has 0 atom stereocenters. The molecule has 0 unspecified atom stereocenters. The molecule has 0 aliphatic carbocycles. The Bertz CT molecular complexity index is 820. The van der Waals surface area contributed by atoms with Crippen molar-refractivity contribution >= 4 is 64.1 Å². The molecule has 0 aliphatic rings. The predicted molar refractivity (Wildman–Crippen MR) is 95.1 cm³/mol. The van der Waals surface area contributed by atoms with Crippen molar-refractivity contribution in [2.45, 2.75) is 0 Å². The molecule has 0 aliphatic heterocycles. The highest BCUT2D eigenvalue weighted by molar-refractivity contribution is 6.43. The Morgan fingerprint density at radius 1 is 1.00 bits per heavy atom. The van der Waals surface area contributed by atoms with Gasteiger partial charge in [-0.1, -0.05) is 64.6 Å². The zero-order valence-electron chi connectivity index (χ0n) is 11.4. The fraction of sp³-hybridized carbons (Fsp3) is 0. The van der Waals surface area contributed by atoms with Crippen molar-refractivity contribution in [1.82, 2.24) is 0 Å². The molecule has 23 heavy (non-hydrogen) atoms. The van der Waals surface area contributed by atoms with E-state index in [0.717, 1.165) is 0 Å². The summed E-state index contributed by atoms with van der Waals surface area (Å²) < 4.78 is 0. The zero-order valence-corrected chi connectivity index (χ0v) is 14.4. The molecule has 0 spiro atoms. The highest BCUT2D eigenvalue weighted by Gasteiger charge is 2.14. The molecule has 2 aromatic carbocycles. The molecule has 116 valence electrons. The Kier molecular flexibility index (Phi) is 5.92. The van der Waals surface area contributed by atoms with E-state index in [2.05, 4.69) is 5.32 Å². The summed E-state index contributed by atoms with van der Waals surface area (Å²) in [6.07, 6.45) is 1.34. The summed E-state index contributed by atoms with van der Waals surface area (Å²) in [5, 5.41) is 12.8. The van der Waals surface area contributed by atoms with Crippen molar-refractivity contribution < 1.29 is 4.79 Å². The molecule has 3 nitrogen and oxygen atoms in total. The summed E-state index contributed by atoms with van der Waals surface area (Å²) in [6.45, 7) is 0. The summed E-state index contributed by atoms with van der Waals surface area (Å²) in [5.74, 6) is -0.654. The topological polar surface area (TPSA) is 52.9 Å². The average molecular weight is 386 g/mol. The maximum absolute atomic E-state index is 12.3. The first-order chi connectivity index (χ1) is 10.9. The standard InChI is InChI=1S/C16H8Cl4N2O/c17-11-4-1-3-9(14(11)20)7-10(8-21)16(23)22-15-12(18)5-2-6-13(15)19/h1-7H,(H,22,23)/b10-7+. The lowest BCUT2D eigenvalue weighted by atomic mass is 10.1. The molecule has 1 amide bonds. The van der Waals surface area contributed by atoms with Crippen LogP contribution in [-0.4, -0.2) is 5.91 Å². The second kappa shape index (κ2) is 7.72. The first-order valence-corrected chi connectivity index (χ1v) is 7.76. The monoisotopic (exact) mass is 384 g/mol. The van der Waals surface area contributed by atoms with Crippen molar-refractivity contribution in [3.8, 4) is 6.07 Å². The van der Waals surface area contributed by atoms with E-state index in [1.54, 1.807) is 36.4 Å². The van der Waals surface area contributed by atoms with E-state index < -0.39 is 5.91 Å². The van der Waals surface area contributed by atoms with Gasteiger partial charge < -0.3 is 5.32 Å². The van der Waals surface area contributed by atoms with Gasteiger partial charge in [-0.2, -0.15) is 5.26 Å². The van der Waals surface area contributed by atoms with Gasteiger partial charge in [-0.05, 0) is 29.8 Å². The molecule has 0 bridgehead atoms. The van der Waals surface area contributed by atoms with Gasteiger partial charge in [0.1, 0.15) is 11.6 Å². The van der Waals surface area contributed by atoms with Crippen LogP contribution in [0.5, 0.6) is 0 Å². The summed E-state index contributed by atoms with van der Waals surface area (Å²) in [4.78, 5) is 12.3. The summed E-state index contributed by atoms with van der Waals surface area (Å²) in [7, 11) is 0. The fourth-order valence-electron chi connectivity index (χ4n) is 1.73. The van der Waals surface area contributed by atoms with Crippen LogP contribution in [0.15, 0.2) is 42.0 Å². The Morgan fingerprint density at radius 2 is 1.57 bits per heavy atom. The van der Waals surface area contributed by atoms with Crippen LogP contribution in [0, 0.1) is 11.3 Å². The summed E-state index contributed by atoms with van der Waals surface area (Å²) in [5.41, 5.74) is 0.528. The van der Waals surface area contributed by atoms with Gasteiger partial charge in [-0.25, -0.2) is 0 Å². The molecular formula is C16H8Cl4N2O. The molecule has 0 saturated carbocycles. The third-order valence-corrected chi connectivity index (χ3v) is 4.31. The molecule has 0 heterocycles. The number of nitrogens with one attached hydrogen (secondary N) is 1. The molecule has 7 heteroatoms. The van der Waals surface area contributed by atoms with Gasteiger partial charge in [-0.15, -0.1) is 0 Å². The number of hydrogen-bond acceptors (Lipinski definition) is 2. The Balaban J connectivity index is 2.35. The van der Waals surface area contributed by atoms with Crippen LogP contribution in [0.3, 0.4) is 0 Å². The number of rotatable bonds is 3. The highest BCUT2D eigenvalue weighted by Crippen LogP contribution is 2.31. The minimum absolute atomic E-state index is 0.162. The fourth-order valence-corrected chi connectivity index (χ4v) is 2.59. The molecule has 2 aromatic rings. The number of anilines is 1. The van der Waals surface area contributed by atoms with Crippen LogP contribution in [0.2, 0.25) is 20.1 Å². The van der Waals surface area contributed by atoms with E-state index in [4.69, 9.17) is 46.4 Å². The molecule has 0 saturated heterocycles. The first-order valence-electron chi connectivity index (χ1n) is 6.25. The largest absolute Gasteiger partial charge is 0.319 e. The molecule has 0 radical (unpaired) electrons. The number of halogens is 4. The second-order valence-corrected chi connectivity index (χ2v) is 5.96. The lowest BCUT2D eigenvalue weighted by molar-refractivity contribution is -0.112. The number of carbonyl (C=O) groups excluding carboxylic acids is 1. The van der Waals surface area contributed by atoms with Crippen LogP contribution >= 0.6 is 46.4 Å². The highest BCUT2D eigenvalue weighted by atomic mass is 35.5. The van der Waals surface area contributed by atoms with E-state index in [1.165, 1.54) is 6.08 Å². The second-order valence-electron chi connectivity index (χ2n) is 4.36. The molecule has 2 rings (SSSR count). The minimum atomic E-state index is -0.654. The number of nitrogens with zero attached hydrogens (tertiary/aromatic N) is 1. The maximum atomic E-state index is 12.3. The van der Waals surface area contributed by atoms with Gasteiger partial charge in [0, 0.05) is 0 Å². The van der Waals surface area contributed by atoms with E-state index in [-0.39, 0.29) is 26.3 Å². The average Bonchev–Trinajstić information content (AvgIpc) is 2.52. The zero-order chi connectivity index (χ0) is 17.0. The van der Waals surface area contributed by atoms with Crippen LogP contribution < -0.4 is 5.32 Å². The van der Waals surface area contributed by atoms with Gasteiger partial charge >= 0.3 is 0 Å². The Hall–Kier alpha value is -1.70. The van der Waals surface area contributed by atoms with Crippen molar-refractivity contribution in [2.75, 3.05) is 5.32 Å². The van der Waals surface area contributed by atoms with Crippen molar-refractivity contribution in [1.29, 1.82) is 5.26 Å². The van der Waals surface area contributed by atoms with E-state index in [1.807, 2.05) is 6.07 Å². The minimum Gasteiger partial charge on any atom is -0.319 e. The van der Waals surface area contributed by atoms with Crippen molar-refractivity contribution in [2.24, 2.45) is 0 Å². The molecule has 0 aromatic heterocycles. The smallest absolute Gasteiger partial charge is 0.266 e. The van der Waals surface area contributed by atoms with Crippen LogP contribution in [0.4, 0.5) is 5.69 Å². The number of para-hydroxylation sites is 1. The maximum Gasteiger partial charge on any atom is 0.266 e. The van der Waals surface area contributed by atoms with Gasteiger partial charge in [-0.3, -0.25) is 4.79 Å². The lowest BCUT2D eigenvalue weighted by Crippen LogP contribution is -2.14. The first kappa shape index (κ1) is 17.7. The van der Waals surface area contributed by atoms with E-state index in [0.29, 0.717) is 10.6 Å². The lowest BCUT2D eigenvalue weighted by Gasteiger charge is -2.08. The quantitative estimate of drug-likeness (QED) is 0.532. The molecule has 1 N–H and O–H groups in total. The number of amides is 1. The van der Waals surface area contributed by atoms with E-state index in [9.17, 15) is 10.1 Å². The van der Waals surface area contributed by atoms with Gasteiger partial charge in [0.25, 0.3) is 5.91 Å². The van der Waals surface area contributed by atoms with Crippen molar-refractivity contribution in [3.63, 3.8) is 0 Å². The van der Waals surface area contributed by atoms with Crippen LogP contribution in [0.25, 0.3) is 6.08 Å².